The Kier molecular flexibility index (Phi) is 4.53. The van der Waals surface area contributed by atoms with Crippen molar-refractivity contribution in [1.82, 2.24) is 4.98 Å². The maximum Gasteiger partial charge on any atom is 0.337 e. The Morgan fingerprint density at radius 1 is 1.43 bits per heavy atom. The second-order valence-electron chi connectivity index (χ2n) is 3.78. The molecule has 9 heteroatoms. The molecule has 0 aliphatic heterocycles. The minimum absolute atomic E-state index is 0.00846. The van der Waals surface area contributed by atoms with Crippen LogP contribution in [0, 0.1) is 15.9 Å². The van der Waals surface area contributed by atoms with Crippen molar-refractivity contribution in [2.24, 2.45) is 0 Å². The molecular formula is C12H6BrFN2O4S. The maximum absolute atomic E-state index is 13.4. The fraction of sp³-hybridized carbons (Fsp3) is 0. The van der Waals surface area contributed by atoms with Gasteiger partial charge in [-0.05, 0) is 34.1 Å². The zero-order valence-electron chi connectivity index (χ0n) is 10.1. The Bertz CT molecular complexity index is 724. The zero-order chi connectivity index (χ0) is 15.6. The molecule has 1 N–H and O–H groups in total. The van der Waals surface area contributed by atoms with E-state index >= 15 is 0 Å². The molecule has 0 radical (unpaired) electrons. The van der Waals surface area contributed by atoms with Gasteiger partial charge < -0.3 is 5.11 Å². The third-order valence-electron chi connectivity index (χ3n) is 2.40. The minimum Gasteiger partial charge on any atom is -0.478 e. The van der Waals surface area contributed by atoms with E-state index in [4.69, 9.17) is 5.11 Å². The Labute approximate surface area is 130 Å². The molecule has 108 valence electrons. The molecule has 6 nitrogen and oxygen atoms in total. The van der Waals surface area contributed by atoms with Gasteiger partial charge in [0.1, 0.15) is 10.8 Å². The van der Waals surface area contributed by atoms with Crippen LogP contribution < -0.4 is 0 Å². The van der Waals surface area contributed by atoms with Gasteiger partial charge in [0.05, 0.1) is 25.9 Å². The van der Waals surface area contributed by atoms with Crippen molar-refractivity contribution in [2.75, 3.05) is 0 Å². The summed E-state index contributed by atoms with van der Waals surface area (Å²) in [6.45, 7) is 0. The van der Waals surface area contributed by atoms with Crippen LogP contribution in [0.2, 0.25) is 0 Å². The first-order chi connectivity index (χ1) is 9.88. The summed E-state index contributed by atoms with van der Waals surface area (Å²) in [5, 5.41) is 20.1. The van der Waals surface area contributed by atoms with Gasteiger partial charge in [-0.25, -0.2) is 14.2 Å². The van der Waals surface area contributed by atoms with Crippen molar-refractivity contribution >= 4 is 39.3 Å². The number of aromatic nitrogens is 1. The summed E-state index contributed by atoms with van der Waals surface area (Å²) in [6, 6.07) is 4.86. The van der Waals surface area contributed by atoms with E-state index in [0.717, 1.165) is 24.0 Å². The Hall–Kier alpha value is -2.00. The van der Waals surface area contributed by atoms with Crippen LogP contribution in [-0.4, -0.2) is 21.0 Å². The molecule has 0 bridgehead atoms. The van der Waals surface area contributed by atoms with Crippen LogP contribution in [0.15, 0.2) is 44.9 Å². The molecule has 2 rings (SSSR count). The third kappa shape index (κ3) is 3.56. The van der Waals surface area contributed by atoms with Crippen LogP contribution in [0.1, 0.15) is 10.4 Å². The van der Waals surface area contributed by atoms with E-state index in [-0.39, 0.29) is 20.6 Å². The van der Waals surface area contributed by atoms with Crippen LogP contribution in [-0.2, 0) is 0 Å². The average Bonchev–Trinajstić information content (AvgIpc) is 2.43. The van der Waals surface area contributed by atoms with E-state index < -0.39 is 16.7 Å². The van der Waals surface area contributed by atoms with Crippen LogP contribution in [0.3, 0.4) is 0 Å². The predicted molar refractivity (Wildman–Crippen MR) is 76.1 cm³/mol. The smallest absolute Gasteiger partial charge is 0.337 e. The van der Waals surface area contributed by atoms with Crippen molar-refractivity contribution in [3.8, 4) is 0 Å². The molecule has 0 saturated carbocycles. The molecule has 1 aromatic heterocycles. The van der Waals surface area contributed by atoms with E-state index in [9.17, 15) is 19.3 Å². The van der Waals surface area contributed by atoms with Crippen molar-refractivity contribution in [1.29, 1.82) is 0 Å². The fourth-order valence-electron chi connectivity index (χ4n) is 1.42. The molecule has 2 aromatic rings. The average molecular weight is 373 g/mol. The second-order valence-corrected chi connectivity index (χ2v) is 5.70. The predicted octanol–water partition coefficient (Wildman–Crippen LogP) is 3.74. The van der Waals surface area contributed by atoms with Gasteiger partial charge >= 0.3 is 5.97 Å². The van der Waals surface area contributed by atoms with Gasteiger partial charge in [-0.15, -0.1) is 0 Å². The van der Waals surface area contributed by atoms with Crippen LogP contribution in [0.25, 0.3) is 0 Å². The molecule has 0 fully saturated rings. The highest BCUT2D eigenvalue weighted by Crippen LogP contribution is 2.37. The van der Waals surface area contributed by atoms with E-state index in [1.165, 1.54) is 18.2 Å². The Morgan fingerprint density at radius 3 is 2.67 bits per heavy atom. The molecule has 0 amide bonds. The largest absolute Gasteiger partial charge is 0.478 e. The number of benzene rings is 1. The molecular weight excluding hydrogens is 367 g/mol. The van der Waals surface area contributed by atoms with Crippen LogP contribution in [0.4, 0.5) is 10.1 Å². The number of carboxylic acid groups (broad SMARTS) is 1. The summed E-state index contributed by atoms with van der Waals surface area (Å²) in [5.41, 5.74) is -0.376. The van der Waals surface area contributed by atoms with Crippen LogP contribution in [0.5, 0.6) is 0 Å². The normalized spacial score (nSPS) is 10.4. The highest BCUT2D eigenvalue weighted by Gasteiger charge is 2.19. The number of nitro benzene ring substituents is 1. The maximum atomic E-state index is 13.4. The number of halogens is 2. The van der Waals surface area contributed by atoms with E-state index in [2.05, 4.69) is 20.9 Å². The summed E-state index contributed by atoms with van der Waals surface area (Å²) >= 11 is 3.91. The lowest BCUT2D eigenvalue weighted by atomic mass is 10.3. The zero-order valence-corrected chi connectivity index (χ0v) is 12.5. The van der Waals surface area contributed by atoms with Gasteiger partial charge in [-0.3, -0.25) is 10.1 Å². The SMILES string of the molecule is O=C(O)c1ccc(Sc2cc(Br)c(F)cc2[N+](=O)[O-])nc1. The number of carbonyl (C=O) groups is 1. The van der Waals surface area contributed by atoms with Crippen LogP contribution >= 0.6 is 27.7 Å². The first-order valence-corrected chi connectivity index (χ1v) is 7.00. The minimum atomic E-state index is -1.12. The third-order valence-corrected chi connectivity index (χ3v) is 4.00. The molecule has 0 aliphatic carbocycles. The highest BCUT2D eigenvalue weighted by atomic mass is 79.9. The summed E-state index contributed by atoms with van der Waals surface area (Å²) in [5.74, 6) is -1.85. The molecule has 0 spiro atoms. The Balaban J connectivity index is 2.36. The number of pyridine rings is 1. The number of aromatic carboxylic acids is 1. The van der Waals surface area contributed by atoms with Gasteiger partial charge in [0.25, 0.3) is 5.69 Å². The fourth-order valence-corrected chi connectivity index (χ4v) is 2.80. The van der Waals surface area contributed by atoms with Gasteiger partial charge in [0.15, 0.2) is 0 Å². The Morgan fingerprint density at radius 2 is 2.14 bits per heavy atom. The monoisotopic (exact) mass is 372 g/mol. The number of rotatable bonds is 4. The topological polar surface area (TPSA) is 93.3 Å². The number of hydrogen-bond acceptors (Lipinski definition) is 5. The van der Waals surface area contributed by atoms with Crippen molar-refractivity contribution < 1.29 is 19.2 Å². The summed E-state index contributed by atoms with van der Waals surface area (Å²) in [6.07, 6.45) is 1.15. The summed E-state index contributed by atoms with van der Waals surface area (Å²) in [7, 11) is 0. The molecule has 0 unspecified atom stereocenters. The van der Waals surface area contributed by atoms with Crippen molar-refractivity contribution in [3.63, 3.8) is 0 Å². The number of nitro groups is 1. The van der Waals surface area contributed by atoms with Gasteiger partial charge in [-0.1, -0.05) is 11.8 Å². The van der Waals surface area contributed by atoms with Gasteiger partial charge in [-0.2, -0.15) is 0 Å². The van der Waals surface area contributed by atoms with E-state index in [1.54, 1.807) is 0 Å². The van der Waals surface area contributed by atoms with Crippen molar-refractivity contribution in [3.05, 3.63) is 56.4 Å². The number of hydrogen-bond donors (Lipinski definition) is 1. The molecule has 0 aliphatic rings. The number of nitrogens with zero attached hydrogens (tertiary/aromatic N) is 2. The van der Waals surface area contributed by atoms with Gasteiger partial charge in [0, 0.05) is 6.20 Å². The standard InChI is InChI=1S/C12H6BrFN2O4S/c13-7-3-10(9(16(19)20)4-8(7)14)21-11-2-1-6(5-15-11)12(17)18/h1-5H,(H,17,18). The first-order valence-electron chi connectivity index (χ1n) is 5.39. The summed E-state index contributed by atoms with van der Waals surface area (Å²) < 4.78 is 13.5. The molecule has 1 aromatic carbocycles. The molecule has 21 heavy (non-hydrogen) atoms. The number of carboxylic acids is 1. The van der Waals surface area contributed by atoms with E-state index in [0.29, 0.717) is 5.03 Å². The molecule has 0 saturated heterocycles. The lowest BCUT2D eigenvalue weighted by Crippen LogP contribution is -1.97. The van der Waals surface area contributed by atoms with E-state index in [1.807, 2.05) is 0 Å². The van der Waals surface area contributed by atoms with Crippen molar-refractivity contribution in [2.45, 2.75) is 9.92 Å². The summed E-state index contributed by atoms with van der Waals surface area (Å²) in [4.78, 5) is 25.0. The molecule has 0 atom stereocenters. The lowest BCUT2D eigenvalue weighted by molar-refractivity contribution is -0.387. The second kappa shape index (κ2) is 6.19. The first kappa shape index (κ1) is 15.4. The molecule has 1 heterocycles. The quantitative estimate of drug-likeness (QED) is 0.648. The van der Waals surface area contributed by atoms with Gasteiger partial charge in [0.2, 0.25) is 0 Å². The highest BCUT2D eigenvalue weighted by molar-refractivity contribution is 9.10. The lowest BCUT2D eigenvalue weighted by Gasteiger charge is -2.04.